The van der Waals surface area contributed by atoms with Crippen molar-refractivity contribution in [1.82, 2.24) is 14.5 Å². The van der Waals surface area contributed by atoms with Gasteiger partial charge in [-0.05, 0) is 37.3 Å². The number of hydrogen-bond donors (Lipinski definition) is 0. The Balaban J connectivity index is 1.89. The molecule has 1 aromatic carbocycles. The molecule has 5 heteroatoms. The number of carbonyl (C=O) groups is 1. The lowest BCUT2D eigenvalue weighted by atomic mass is 10.0. The highest BCUT2D eigenvalue weighted by atomic mass is 16.2. The van der Waals surface area contributed by atoms with Crippen LogP contribution in [0.4, 0.5) is 0 Å². The molecule has 1 aromatic heterocycles. The number of benzene rings is 1. The van der Waals surface area contributed by atoms with Crippen LogP contribution in [0.3, 0.4) is 0 Å². The molecule has 0 spiro atoms. The van der Waals surface area contributed by atoms with Crippen LogP contribution in [-0.4, -0.2) is 32.9 Å². The number of fused-ring (bicyclic) bond motifs is 1. The zero-order valence-electron chi connectivity index (χ0n) is 14.0. The van der Waals surface area contributed by atoms with Gasteiger partial charge in [-0.3, -0.25) is 14.2 Å². The molecule has 2 aromatic rings. The third-order valence-corrected chi connectivity index (χ3v) is 4.75. The second-order valence-corrected chi connectivity index (χ2v) is 6.69. The normalized spacial score (nSPS) is 18.1. The van der Waals surface area contributed by atoms with Crippen LogP contribution >= 0.6 is 0 Å². The Morgan fingerprint density at radius 3 is 2.91 bits per heavy atom. The van der Waals surface area contributed by atoms with Crippen LogP contribution in [0.15, 0.2) is 29.3 Å². The Hall–Kier alpha value is -2.17. The molecule has 3 rings (SSSR count). The van der Waals surface area contributed by atoms with Crippen LogP contribution in [0.2, 0.25) is 0 Å². The molecule has 122 valence electrons. The van der Waals surface area contributed by atoms with Crippen molar-refractivity contribution in [2.75, 3.05) is 6.54 Å². The van der Waals surface area contributed by atoms with Gasteiger partial charge in [-0.1, -0.05) is 26.0 Å². The van der Waals surface area contributed by atoms with Gasteiger partial charge in [-0.2, -0.15) is 0 Å². The fourth-order valence-corrected chi connectivity index (χ4v) is 3.48. The summed E-state index contributed by atoms with van der Waals surface area (Å²) in [7, 11) is 0. The highest BCUT2D eigenvalue weighted by Gasteiger charge is 2.30. The molecule has 1 aliphatic rings. The number of rotatable bonds is 3. The number of aromatic nitrogens is 2. The first-order chi connectivity index (χ1) is 11.0. The first-order valence-corrected chi connectivity index (χ1v) is 8.23. The number of likely N-dealkylation sites (tertiary alicyclic amines) is 1. The first-order valence-electron chi connectivity index (χ1n) is 8.23. The van der Waals surface area contributed by atoms with E-state index in [9.17, 15) is 9.59 Å². The lowest BCUT2D eigenvalue weighted by molar-refractivity contribution is -0.133. The summed E-state index contributed by atoms with van der Waals surface area (Å²) >= 11 is 0. The molecular weight excluding hydrogens is 290 g/mol. The first kappa shape index (κ1) is 15.7. The summed E-state index contributed by atoms with van der Waals surface area (Å²) in [5.74, 6) is 0.452. The quantitative estimate of drug-likeness (QED) is 0.874. The Morgan fingerprint density at radius 1 is 1.39 bits per heavy atom. The number of amides is 1. The molecule has 0 N–H and O–H groups in total. The SMILES string of the molecule is Cc1cccc2c(=O)n(CC(=O)N3CCC[C@@H]3C(C)C)cnc12. The van der Waals surface area contributed by atoms with Gasteiger partial charge in [-0.15, -0.1) is 0 Å². The molecule has 5 nitrogen and oxygen atoms in total. The molecule has 2 heterocycles. The molecule has 0 bridgehead atoms. The highest BCUT2D eigenvalue weighted by molar-refractivity contribution is 5.81. The zero-order valence-corrected chi connectivity index (χ0v) is 14.0. The van der Waals surface area contributed by atoms with Crippen molar-refractivity contribution >= 4 is 16.8 Å². The van der Waals surface area contributed by atoms with Crippen molar-refractivity contribution in [2.45, 2.75) is 46.2 Å². The minimum absolute atomic E-state index is 0.0112. The van der Waals surface area contributed by atoms with Crippen molar-refractivity contribution in [2.24, 2.45) is 5.92 Å². The maximum absolute atomic E-state index is 12.6. The lowest BCUT2D eigenvalue weighted by Crippen LogP contribution is -2.41. The van der Waals surface area contributed by atoms with Crippen molar-refractivity contribution < 1.29 is 4.79 Å². The van der Waals surface area contributed by atoms with E-state index in [1.807, 2.05) is 24.0 Å². The van der Waals surface area contributed by atoms with Crippen LogP contribution < -0.4 is 5.56 Å². The molecule has 0 unspecified atom stereocenters. The Bertz CT molecular complexity index is 794. The monoisotopic (exact) mass is 313 g/mol. The Labute approximate surface area is 135 Å². The standard InChI is InChI=1S/C18H23N3O2/c1-12(2)15-8-5-9-21(15)16(22)10-20-11-19-17-13(3)6-4-7-14(17)18(20)23/h4,6-7,11-12,15H,5,8-10H2,1-3H3/t15-/m1/s1. The number of para-hydroxylation sites is 1. The van der Waals surface area contributed by atoms with E-state index in [1.54, 1.807) is 6.07 Å². The van der Waals surface area contributed by atoms with Crippen LogP contribution in [0, 0.1) is 12.8 Å². The molecule has 1 saturated heterocycles. The minimum Gasteiger partial charge on any atom is -0.338 e. The van der Waals surface area contributed by atoms with Gasteiger partial charge in [0, 0.05) is 12.6 Å². The van der Waals surface area contributed by atoms with E-state index in [4.69, 9.17) is 0 Å². The van der Waals surface area contributed by atoms with Crippen molar-refractivity contribution in [1.29, 1.82) is 0 Å². The van der Waals surface area contributed by atoms with Crippen LogP contribution in [0.5, 0.6) is 0 Å². The van der Waals surface area contributed by atoms with Gasteiger partial charge in [0.25, 0.3) is 5.56 Å². The number of aryl methyl sites for hydroxylation is 1. The van der Waals surface area contributed by atoms with E-state index < -0.39 is 0 Å². The number of carbonyl (C=O) groups excluding carboxylic acids is 1. The third kappa shape index (κ3) is 2.87. The molecule has 0 aliphatic carbocycles. The summed E-state index contributed by atoms with van der Waals surface area (Å²) < 4.78 is 1.43. The molecule has 1 amide bonds. The second-order valence-electron chi connectivity index (χ2n) is 6.69. The fraction of sp³-hybridized carbons (Fsp3) is 0.500. The van der Waals surface area contributed by atoms with E-state index in [2.05, 4.69) is 18.8 Å². The molecule has 0 saturated carbocycles. The predicted octanol–water partition coefficient (Wildman–Crippen LogP) is 2.35. The molecule has 23 heavy (non-hydrogen) atoms. The average molecular weight is 313 g/mol. The van der Waals surface area contributed by atoms with E-state index in [1.165, 1.54) is 10.9 Å². The van der Waals surface area contributed by atoms with Gasteiger partial charge in [0.2, 0.25) is 5.91 Å². The van der Waals surface area contributed by atoms with Gasteiger partial charge in [0.1, 0.15) is 6.54 Å². The van der Waals surface area contributed by atoms with E-state index in [-0.39, 0.29) is 24.1 Å². The van der Waals surface area contributed by atoms with Gasteiger partial charge in [0.05, 0.1) is 17.2 Å². The van der Waals surface area contributed by atoms with Crippen molar-refractivity contribution in [3.63, 3.8) is 0 Å². The number of hydrogen-bond acceptors (Lipinski definition) is 3. The summed E-state index contributed by atoms with van der Waals surface area (Å²) in [6, 6.07) is 5.84. The molecule has 1 aliphatic heterocycles. The van der Waals surface area contributed by atoms with Gasteiger partial charge in [-0.25, -0.2) is 4.98 Å². The van der Waals surface area contributed by atoms with Crippen molar-refractivity contribution in [3.05, 3.63) is 40.4 Å². The maximum Gasteiger partial charge on any atom is 0.261 e. The molecular formula is C18H23N3O2. The number of nitrogens with zero attached hydrogens (tertiary/aromatic N) is 3. The zero-order chi connectivity index (χ0) is 16.6. The average Bonchev–Trinajstić information content (AvgIpc) is 3.00. The summed E-state index contributed by atoms with van der Waals surface area (Å²) in [5, 5.41) is 0.571. The summed E-state index contributed by atoms with van der Waals surface area (Å²) in [6.07, 6.45) is 3.59. The fourth-order valence-electron chi connectivity index (χ4n) is 3.48. The van der Waals surface area contributed by atoms with Gasteiger partial charge >= 0.3 is 0 Å². The summed E-state index contributed by atoms with van der Waals surface area (Å²) in [6.45, 7) is 7.07. The van der Waals surface area contributed by atoms with Gasteiger partial charge < -0.3 is 4.90 Å². The van der Waals surface area contributed by atoms with E-state index in [0.717, 1.165) is 24.9 Å². The highest BCUT2D eigenvalue weighted by Crippen LogP contribution is 2.24. The van der Waals surface area contributed by atoms with Crippen LogP contribution in [0.1, 0.15) is 32.3 Å². The third-order valence-electron chi connectivity index (χ3n) is 4.75. The summed E-state index contributed by atoms with van der Waals surface area (Å²) in [4.78, 5) is 31.5. The van der Waals surface area contributed by atoms with Crippen molar-refractivity contribution in [3.8, 4) is 0 Å². The molecule has 0 radical (unpaired) electrons. The molecule has 1 atom stereocenters. The van der Waals surface area contributed by atoms with Crippen LogP contribution in [0.25, 0.3) is 10.9 Å². The van der Waals surface area contributed by atoms with E-state index >= 15 is 0 Å². The smallest absolute Gasteiger partial charge is 0.261 e. The topological polar surface area (TPSA) is 55.2 Å². The van der Waals surface area contributed by atoms with Crippen LogP contribution in [-0.2, 0) is 11.3 Å². The van der Waals surface area contributed by atoms with Gasteiger partial charge in [0.15, 0.2) is 0 Å². The molecule has 1 fully saturated rings. The maximum atomic E-state index is 12.6. The second kappa shape index (κ2) is 6.14. The largest absolute Gasteiger partial charge is 0.338 e. The summed E-state index contributed by atoms with van der Waals surface area (Å²) in [5.41, 5.74) is 1.53. The Morgan fingerprint density at radius 2 is 2.17 bits per heavy atom. The minimum atomic E-state index is -0.146. The van der Waals surface area contributed by atoms with E-state index in [0.29, 0.717) is 16.8 Å². The Kier molecular flexibility index (Phi) is 4.20. The predicted molar refractivity (Wildman–Crippen MR) is 90.3 cm³/mol. The lowest BCUT2D eigenvalue weighted by Gasteiger charge is -2.27.